The van der Waals surface area contributed by atoms with Crippen LogP contribution in [0.3, 0.4) is 0 Å². The Morgan fingerprint density at radius 2 is 2.05 bits per heavy atom. The van der Waals surface area contributed by atoms with E-state index in [0.717, 1.165) is 0 Å². The van der Waals surface area contributed by atoms with Crippen LogP contribution in [-0.2, 0) is 4.79 Å². The minimum atomic E-state index is -4.90. The third kappa shape index (κ3) is 5.60. The summed E-state index contributed by atoms with van der Waals surface area (Å²) < 4.78 is 41.6. The molecule has 1 N–H and O–H groups in total. The zero-order valence-electron chi connectivity index (χ0n) is 10.6. The molecule has 0 saturated carbocycles. The number of hydrogen-bond donors (Lipinski definition) is 1. The van der Waals surface area contributed by atoms with Gasteiger partial charge < -0.3 is 15.0 Å². The number of hydrogen-bond acceptors (Lipinski definition) is 3. The monoisotopic (exact) mass is 276 g/mol. The molecule has 0 aliphatic rings. The van der Waals surface area contributed by atoms with Crippen molar-refractivity contribution in [2.45, 2.75) is 6.18 Å². The minimum absolute atomic E-state index is 0.0460. The quantitative estimate of drug-likeness (QED) is 0.895. The average molecular weight is 276 g/mol. The lowest BCUT2D eigenvalue weighted by molar-refractivity contribution is -0.167. The number of carbonyl (C=O) groups is 1. The highest BCUT2D eigenvalue weighted by Crippen LogP contribution is 2.21. The maximum atomic E-state index is 12.1. The van der Waals surface area contributed by atoms with Crippen LogP contribution < -0.4 is 10.1 Å². The summed E-state index contributed by atoms with van der Waals surface area (Å²) >= 11 is 0. The molecule has 4 nitrogen and oxygen atoms in total. The number of alkyl halides is 3. The maximum absolute atomic E-state index is 12.1. The number of carbonyl (C=O) groups excluding carboxylic acids is 1. The van der Waals surface area contributed by atoms with Crippen LogP contribution in [0.2, 0.25) is 0 Å². The summed E-state index contributed by atoms with van der Waals surface area (Å²) in [5.41, 5.74) is 0.0460. The van der Waals surface area contributed by atoms with Crippen molar-refractivity contribution < 1.29 is 22.7 Å². The van der Waals surface area contributed by atoms with E-state index in [9.17, 15) is 18.0 Å². The lowest BCUT2D eigenvalue weighted by Gasteiger charge is -2.12. The van der Waals surface area contributed by atoms with Crippen molar-refractivity contribution in [3.05, 3.63) is 24.3 Å². The van der Waals surface area contributed by atoms with Crippen LogP contribution in [0.1, 0.15) is 0 Å². The van der Waals surface area contributed by atoms with Crippen LogP contribution in [0.4, 0.5) is 18.9 Å². The molecule has 19 heavy (non-hydrogen) atoms. The number of rotatable bonds is 5. The molecule has 0 aliphatic heterocycles. The molecule has 0 radical (unpaired) electrons. The Labute approximate surface area is 109 Å². The van der Waals surface area contributed by atoms with E-state index in [0.29, 0.717) is 18.9 Å². The Bertz CT molecular complexity index is 433. The van der Waals surface area contributed by atoms with Gasteiger partial charge in [-0.2, -0.15) is 13.2 Å². The van der Waals surface area contributed by atoms with E-state index in [1.54, 1.807) is 11.4 Å². The van der Waals surface area contributed by atoms with E-state index in [4.69, 9.17) is 4.74 Å². The number of halogens is 3. The Morgan fingerprint density at radius 1 is 1.37 bits per heavy atom. The van der Waals surface area contributed by atoms with Crippen molar-refractivity contribution in [1.29, 1.82) is 0 Å². The van der Waals surface area contributed by atoms with E-state index >= 15 is 0 Å². The van der Waals surface area contributed by atoms with Crippen LogP contribution in [-0.4, -0.2) is 44.2 Å². The second-order valence-electron chi connectivity index (χ2n) is 4.13. The molecule has 7 heteroatoms. The second-order valence-corrected chi connectivity index (χ2v) is 4.13. The molecule has 0 spiro atoms. The third-order valence-electron chi connectivity index (χ3n) is 2.16. The number of anilines is 1. The number of benzene rings is 1. The summed E-state index contributed by atoms with van der Waals surface area (Å²) in [6, 6.07) is 5.83. The summed E-state index contributed by atoms with van der Waals surface area (Å²) in [6.07, 6.45) is -4.90. The standard InChI is InChI=1S/C12H15F3N2O2/c1-17(2)6-7-19-10-5-3-4-9(8-10)16-11(18)12(13,14)15/h3-5,8H,6-7H2,1-2H3,(H,16,18). The molecule has 1 rings (SSSR count). The van der Waals surface area contributed by atoms with E-state index < -0.39 is 12.1 Å². The van der Waals surface area contributed by atoms with Crippen LogP contribution >= 0.6 is 0 Å². The molecule has 0 bridgehead atoms. The molecule has 1 aromatic carbocycles. The third-order valence-corrected chi connectivity index (χ3v) is 2.16. The van der Waals surface area contributed by atoms with Gasteiger partial charge in [0.2, 0.25) is 0 Å². The molecule has 0 saturated heterocycles. The summed E-state index contributed by atoms with van der Waals surface area (Å²) in [4.78, 5) is 12.7. The summed E-state index contributed by atoms with van der Waals surface area (Å²) in [5.74, 6) is -1.60. The molecule has 1 amide bonds. The number of likely N-dealkylation sites (N-methyl/N-ethyl adjacent to an activating group) is 1. The van der Waals surface area contributed by atoms with Crippen molar-refractivity contribution in [1.82, 2.24) is 4.90 Å². The van der Waals surface area contributed by atoms with E-state index in [1.165, 1.54) is 18.2 Å². The van der Waals surface area contributed by atoms with Gasteiger partial charge in [0.25, 0.3) is 0 Å². The average Bonchev–Trinajstić information content (AvgIpc) is 2.27. The van der Waals surface area contributed by atoms with Gasteiger partial charge in [-0.15, -0.1) is 0 Å². The summed E-state index contributed by atoms with van der Waals surface area (Å²) in [5, 5.41) is 1.77. The molecule has 0 unspecified atom stereocenters. The molecule has 0 fully saturated rings. The van der Waals surface area contributed by atoms with Gasteiger partial charge in [0.15, 0.2) is 0 Å². The van der Waals surface area contributed by atoms with Gasteiger partial charge in [-0.3, -0.25) is 4.79 Å². The number of nitrogens with zero attached hydrogens (tertiary/aromatic N) is 1. The molecule has 0 aliphatic carbocycles. The first-order valence-corrected chi connectivity index (χ1v) is 5.55. The summed E-state index contributed by atoms with van der Waals surface area (Å²) in [6.45, 7) is 1.09. The van der Waals surface area contributed by atoms with Gasteiger partial charge in [-0.1, -0.05) is 6.07 Å². The summed E-state index contributed by atoms with van der Waals surface area (Å²) in [7, 11) is 3.76. The van der Waals surface area contributed by atoms with Crippen LogP contribution in [0.25, 0.3) is 0 Å². The zero-order valence-corrected chi connectivity index (χ0v) is 10.6. The fraction of sp³-hybridized carbons (Fsp3) is 0.417. The van der Waals surface area contributed by atoms with Crippen molar-refractivity contribution in [3.63, 3.8) is 0 Å². The predicted octanol–water partition coefficient (Wildman–Crippen LogP) is 2.13. The minimum Gasteiger partial charge on any atom is -0.492 e. The van der Waals surface area contributed by atoms with E-state index in [-0.39, 0.29) is 5.69 Å². The highest BCUT2D eigenvalue weighted by Gasteiger charge is 2.38. The molecule has 0 atom stereocenters. The fourth-order valence-corrected chi connectivity index (χ4v) is 1.21. The predicted molar refractivity (Wildman–Crippen MR) is 65.2 cm³/mol. The lowest BCUT2D eigenvalue weighted by Crippen LogP contribution is -2.29. The van der Waals surface area contributed by atoms with Gasteiger partial charge in [-0.05, 0) is 26.2 Å². The van der Waals surface area contributed by atoms with Crippen molar-refractivity contribution in [2.75, 3.05) is 32.6 Å². The highest BCUT2D eigenvalue weighted by molar-refractivity contribution is 5.95. The normalized spacial score (nSPS) is 11.5. The van der Waals surface area contributed by atoms with Crippen LogP contribution in [0.5, 0.6) is 5.75 Å². The molecule has 1 aromatic rings. The van der Waals surface area contributed by atoms with E-state index in [1.807, 2.05) is 19.0 Å². The Morgan fingerprint density at radius 3 is 2.63 bits per heavy atom. The second kappa shape index (κ2) is 6.42. The fourth-order valence-electron chi connectivity index (χ4n) is 1.21. The van der Waals surface area contributed by atoms with Gasteiger partial charge >= 0.3 is 12.1 Å². The zero-order chi connectivity index (χ0) is 14.5. The topological polar surface area (TPSA) is 41.6 Å². The SMILES string of the molecule is CN(C)CCOc1cccc(NC(=O)C(F)(F)F)c1. The smallest absolute Gasteiger partial charge is 0.471 e. The van der Waals surface area contributed by atoms with Crippen molar-refractivity contribution in [2.24, 2.45) is 0 Å². The van der Waals surface area contributed by atoms with Crippen molar-refractivity contribution in [3.8, 4) is 5.75 Å². The first-order valence-electron chi connectivity index (χ1n) is 5.55. The first-order chi connectivity index (χ1) is 8.79. The van der Waals surface area contributed by atoms with Crippen LogP contribution in [0, 0.1) is 0 Å². The van der Waals surface area contributed by atoms with Crippen LogP contribution in [0.15, 0.2) is 24.3 Å². The highest BCUT2D eigenvalue weighted by atomic mass is 19.4. The lowest BCUT2D eigenvalue weighted by atomic mass is 10.3. The van der Waals surface area contributed by atoms with Gasteiger partial charge in [0.1, 0.15) is 12.4 Å². The van der Waals surface area contributed by atoms with Gasteiger partial charge in [0, 0.05) is 18.3 Å². The number of nitrogens with one attached hydrogen (secondary N) is 1. The number of ether oxygens (including phenoxy) is 1. The molecule has 106 valence electrons. The van der Waals surface area contributed by atoms with E-state index in [2.05, 4.69) is 0 Å². The number of amides is 1. The Balaban J connectivity index is 2.59. The molecule has 0 aromatic heterocycles. The van der Waals surface area contributed by atoms with Gasteiger partial charge in [-0.25, -0.2) is 0 Å². The molecule has 0 heterocycles. The Hall–Kier alpha value is -1.76. The largest absolute Gasteiger partial charge is 0.492 e. The Kier molecular flexibility index (Phi) is 5.17. The first kappa shape index (κ1) is 15.3. The van der Waals surface area contributed by atoms with Gasteiger partial charge in [0.05, 0.1) is 0 Å². The maximum Gasteiger partial charge on any atom is 0.471 e. The molecular weight excluding hydrogens is 261 g/mol. The van der Waals surface area contributed by atoms with Crippen molar-refractivity contribution >= 4 is 11.6 Å². The molecular formula is C12H15F3N2O2.